The van der Waals surface area contributed by atoms with Gasteiger partial charge in [0.05, 0.1) is 13.2 Å². The Bertz CT molecular complexity index is 1460. The third kappa shape index (κ3) is 9.20. The molecule has 1 amide bonds. The van der Waals surface area contributed by atoms with Crippen LogP contribution in [-0.2, 0) is 11.3 Å². The Hall–Kier alpha value is -3.62. The highest BCUT2D eigenvalue weighted by molar-refractivity contribution is 8.76. The number of carbonyl (C=O) groups is 1. The molecule has 0 fully saturated rings. The summed E-state index contributed by atoms with van der Waals surface area (Å²) < 4.78 is 12.8. The molecule has 0 atom stereocenters. The lowest BCUT2D eigenvalue weighted by atomic mass is 10.3. The van der Waals surface area contributed by atoms with Crippen LogP contribution in [0, 0.1) is 0 Å². The third-order valence-corrected chi connectivity index (χ3v) is 7.99. The third-order valence-electron chi connectivity index (χ3n) is 5.64. The van der Waals surface area contributed by atoms with Crippen molar-refractivity contribution in [3.8, 4) is 11.9 Å². The van der Waals surface area contributed by atoms with Crippen LogP contribution in [0.5, 0.6) is 11.9 Å². The highest BCUT2D eigenvalue weighted by Crippen LogP contribution is 2.29. The number of anilines is 1. The van der Waals surface area contributed by atoms with Gasteiger partial charge in [-0.25, -0.2) is 14.8 Å². The molecular weight excluding hydrogens is 564 g/mol. The summed E-state index contributed by atoms with van der Waals surface area (Å²) in [4.78, 5) is 48.0. The van der Waals surface area contributed by atoms with Crippen molar-refractivity contribution >= 4 is 44.5 Å². The minimum atomic E-state index is -0.383. The number of rotatable bonds is 16. The highest BCUT2D eigenvalue weighted by atomic mass is 33.1. The SMILES string of the molecule is CCCOc1nc(NC(=O)CCCSSc2ccccn2)c2[nH]c(=O)n(Cc3ccc(OCCN(C)C)nc3)c2n1. The van der Waals surface area contributed by atoms with Crippen LogP contribution in [-0.4, -0.2) is 79.9 Å². The molecule has 4 aromatic rings. The first-order valence-corrected chi connectivity index (χ1v) is 15.6. The molecule has 0 unspecified atom stereocenters. The lowest BCUT2D eigenvalue weighted by Gasteiger charge is -2.11. The molecule has 0 aliphatic carbocycles. The van der Waals surface area contributed by atoms with E-state index in [1.54, 1.807) is 40.0 Å². The minimum Gasteiger partial charge on any atom is -0.476 e. The molecule has 0 spiro atoms. The Kier molecular flexibility index (Phi) is 11.4. The van der Waals surface area contributed by atoms with E-state index in [9.17, 15) is 9.59 Å². The van der Waals surface area contributed by atoms with E-state index in [4.69, 9.17) is 9.47 Å². The summed E-state index contributed by atoms with van der Waals surface area (Å²) >= 11 is 0. The number of hydrogen-bond donors (Lipinski definition) is 2. The normalized spacial score (nSPS) is 11.2. The monoisotopic (exact) mass is 598 g/mol. The lowest BCUT2D eigenvalue weighted by Crippen LogP contribution is -2.20. The minimum absolute atomic E-state index is 0.0903. The van der Waals surface area contributed by atoms with Crippen molar-refractivity contribution in [2.24, 2.45) is 0 Å². The molecule has 14 heteroatoms. The number of pyridine rings is 2. The van der Waals surface area contributed by atoms with Gasteiger partial charge in [0, 0.05) is 37.2 Å². The lowest BCUT2D eigenvalue weighted by molar-refractivity contribution is -0.116. The van der Waals surface area contributed by atoms with E-state index in [1.807, 2.05) is 50.2 Å². The number of imidazole rings is 1. The van der Waals surface area contributed by atoms with Crippen molar-refractivity contribution in [2.75, 3.05) is 44.9 Å². The second kappa shape index (κ2) is 15.4. The molecule has 0 saturated heterocycles. The van der Waals surface area contributed by atoms with Crippen LogP contribution in [0.15, 0.2) is 52.5 Å². The quantitative estimate of drug-likeness (QED) is 0.144. The molecule has 12 nitrogen and oxygen atoms in total. The van der Waals surface area contributed by atoms with Gasteiger partial charge in [-0.05, 0) is 55.4 Å². The number of aromatic nitrogens is 6. The van der Waals surface area contributed by atoms with E-state index < -0.39 is 0 Å². The van der Waals surface area contributed by atoms with Crippen molar-refractivity contribution in [3.63, 3.8) is 0 Å². The standard InChI is InChI=1S/C27H34N8O4S2/c1-4-14-39-26-32-24(30-20(36)8-7-16-40-41-22-9-5-6-12-28-22)23-25(33-26)35(27(37)31-23)18-19-10-11-21(29-17-19)38-15-13-34(2)3/h5-6,9-12,17H,4,7-8,13-16,18H2,1-3H3,(H,31,37)(H,30,32,33,36). The summed E-state index contributed by atoms with van der Waals surface area (Å²) in [5, 5.41) is 3.76. The average Bonchev–Trinajstić information content (AvgIpc) is 3.28. The maximum Gasteiger partial charge on any atom is 0.328 e. The zero-order valence-electron chi connectivity index (χ0n) is 23.3. The Labute approximate surface area is 246 Å². The van der Waals surface area contributed by atoms with Crippen LogP contribution < -0.4 is 20.5 Å². The van der Waals surface area contributed by atoms with Crippen LogP contribution in [0.3, 0.4) is 0 Å². The van der Waals surface area contributed by atoms with Gasteiger partial charge in [-0.1, -0.05) is 29.9 Å². The summed E-state index contributed by atoms with van der Waals surface area (Å²) in [6.07, 6.45) is 5.14. The Morgan fingerprint density at radius 3 is 2.73 bits per heavy atom. The smallest absolute Gasteiger partial charge is 0.328 e. The fourth-order valence-corrected chi connectivity index (χ4v) is 5.56. The Balaban J connectivity index is 1.43. The van der Waals surface area contributed by atoms with Gasteiger partial charge >= 0.3 is 11.7 Å². The zero-order chi connectivity index (χ0) is 29.0. The molecule has 0 radical (unpaired) electrons. The van der Waals surface area contributed by atoms with Crippen molar-refractivity contribution < 1.29 is 14.3 Å². The topological polar surface area (TPSA) is 140 Å². The fraction of sp³-hybridized carbons (Fsp3) is 0.407. The van der Waals surface area contributed by atoms with Gasteiger partial charge in [-0.3, -0.25) is 9.36 Å². The van der Waals surface area contributed by atoms with Gasteiger partial charge in [0.1, 0.15) is 17.1 Å². The van der Waals surface area contributed by atoms with E-state index in [0.717, 1.165) is 29.3 Å². The molecule has 4 rings (SSSR count). The first-order valence-electron chi connectivity index (χ1n) is 13.3. The van der Waals surface area contributed by atoms with Gasteiger partial charge in [-0.2, -0.15) is 9.97 Å². The van der Waals surface area contributed by atoms with E-state index in [1.165, 1.54) is 4.57 Å². The number of amides is 1. The molecule has 4 aromatic heterocycles. The molecular formula is C27H34N8O4S2. The Morgan fingerprint density at radius 2 is 2.00 bits per heavy atom. The summed E-state index contributed by atoms with van der Waals surface area (Å²) in [6, 6.07) is 9.48. The fourth-order valence-electron chi connectivity index (χ4n) is 3.59. The summed E-state index contributed by atoms with van der Waals surface area (Å²) in [5.41, 5.74) is 1.07. The predicted molar refractivity (Wildman–Crippen MR) is 162 cm³/mol. The maximum atomic E-state index is 13.0. The number of hydrogen-bond acceptors (Lipinski definition) is 11. The number of H-pyrrole nitrogens is 1. The number of likely N-dealkylation sites (N-methyl/N-ethyl adjacent to an activating group) is 1. The molecule has 4 heterocycles. The van der Waals surface area contributed by atoms with Gasteiger partial charge in [0.2, 0.25) is 11.8 Å². The van der Waals surface area contributed by atoms with E-state index in [0.29, 0.717) is 43.1 Å². The van der Waals surface area contributed by atoms with E-state index >= 15 is 0 Å². The largest absolute Gasteiger partial charge is 0.476 e. The van der Waals surface area contributed by atoms with Crippen molar-refractivity contribution in [2.45, 2.75) is 37.8 Å². The molecule has 218 valence electrons. The van der Waals surface area contributed by atoms with Crippen molar-refractivity contribution in [1.29, 1.82) is 0 Å². The number of nitrogens with zero attached hydrogens (tertiary/aromatic N) is 6. The number of nitrogens with one attached hydrogen (secondary N) is 2. The molecule has 2 N–H and O–H groups in total. The molecule has 0 aliphatic heterocycles. The van der Waals surface area contributed by atoms with Crippen LogP contribution in [0.25, 0.3) is 11.2 Å². The summed E-state index contributed by atoms with van der Waals surface area (Å²) in [6.45, 7) is 3.89. The van der Waals surface area contributed by atoms with Crippen molar-refractivity contribution in [3.05, 3.63) is 58.8 Å². The first kappa shape index (κ1) is 30.3. The van der Waals surface area contributed by atoms with Crippen LogP contribution in [0.2, 0.25) is 0 Å². The molecule has 0 bridgehead atoms. The zero-order valence-corrected chi connectivity index (χ0v) is 25.0. The molecule has 0 saturated carbocycles. The first-order chi connectivity index (χ1) is 19.9. The van der Waals surface area contributed by atoms with Crippen LogP contribution >= 0.6 is 21.6 Å². The Morgan fingerprint density at radius 1 is 1.12 bits per heavy atom. The summed E-state index contributed by atoms with van der Waals surface area (Å²) in [7, 11) is 7.17. The van der Waals surface area contributed by atoms with E-state index in [-0.39, 0.29) is 30.0 Å². The number of ether oxygens (including phenoxy) is 2. The number of aromatic amines is 1. The second-order valence-corrected chi connectivity index (χ2v) is 11.7. The van der Waals surface area contributed by atoms with Gasteiger partial charge in [-0.15, -0.1) is 0 Å². The molecule has 0 aromatic carbocycles. The van der Waals surface area contributed by atoms with Gasteiger partial charge in [0.25, 0.3) is 0 Å². The summed E-state index contributed by atoms with van der Waals surface area (Å²) in [5.74, 6) is 1.29. The number of fused-ring (bicyclic) bond motifs is 1. The van der Waals surface area contributed by atoms with Crippen molar-refractivity contribution in [1.82, 2.24) is 34.4 Å². The molecule has 0 aliphatic rings. The van der Waals surface area contributed by atoms with E-state index in [2.05, 4.69) is 30.2 Å². The second-order valence-electron chi connectivity index (χ2n) is 9.30. The van der Waals surface area contributed by atoms with Gasteiger partial charge in [0.15, 0.2) is 11.5 Å². The van der Waals surface area contributed by atoms with Crippen LogP contribution in [0.4, 0.5) is 5.82 Å². The number of carbonyl (C=O) groups excluding carboxylic acids is 1. The average molecular weight is 599 g/mol. The molecule has 41 heavy (non-hydrogen) atoms. The predicted octanol–water partition coefficient (Wildman–Crippen LogP) is 3.85. The highest BCUT2D eigenvalue weighted by Gasteiger charge is 2.18. The maximum absolute atomic E-state index is 13.0. The van der Waals surface area contributed by atoms with Gasteiger partial charge < -0.3 is 24.7 Å². The van der Waals surface area contributed by atoms with Crippen LogP contribution in [0.1, 0.15) is 31.7 Å².